The van der Waals surface area contributed by atoms with Crippen LogP contribution in [0.1, 0.15) is 6.92 Å². The maximum absolute atomic E-state index is 12.5. The van der Waals surface area contributed by atoms with Gasteiger partial charge in [0.25, 0.3) is 15.9 Å². The molecular weight excluding hydrogens is 372 g/mol. The second kappa shape index (κ2) is 8.28. The lowest BCUT2D eigenvalue weighted by atomic mass is 10.3. The Morgan fingerprint density at radius 2 is 2.04 bits per heavy atom. The third kappa shape index (κ3) is 5.41. The van der Waals surface area contributed by atoms with Gasteiger partial charge < -0.3 is 9.47 Å². The van der Waals surface area contributed by atoms with Crippen molar-refractivity contribution in [1.29, 1.82) is 0 Å². The normalized spacial score (nSPS) is 12.6. The molecule has 1 aromatic heterocycles. The fraction of sp³-hybridized carbons (Fsp3) is 0.357. The molecule has 11 heteroatoms. The van der Waals surface area contributed by atoms with E-state index in [1.807, 2.05) is 4.72 Å². The minimum Gasteiger partial charge on any atom is -0.487 e. The van der Waals surface area contributed by atoms with Gasteiger partial charge in [-0.3, -0.25) is 4.79 Å². The van der Waals surface area contributed by atoms with E-state index in [1.165, 1.54) is 37.7 Å². The van der Waals surface area contributed by atoms with Crippen molar-refractivity contribution >= 4 is 27.5 Å². The third-order valence-electron chi connectivity index (χ3n) is 2.92. The Labute approximate surface area is 149 Å². The molecule has 1 unspecified atom stereocenters. The molecule has 0 saturated carbocycles. The van der Waals surface area contributed by atoms with E-state index in [9.17, 15) is 13.2 Å². The van der Waals surface area contributed by atoms with Crippen LogP contribution in [0.5, 0.6) is 5.75 Å². The number of aromatic nitrogens is 3. The summed E-state index contributed by atoms with van der Waals surface area (Å²) in [6.07, 6.45) is 2.35. The SMILES string of the molecule is COCC(C)Oc1ccc(Cl)cc1S(=O)(=O)NC(=O)Cn1nccn1. The molecule has 0 bridgehead atoms. The van der Waals surface area contributed by atoms with Crippen LogP contribution in [0.15, 0.2) is 35.5 Å². The van der Waals surface area contributed by atoms with Crippen molar-refractivity contribution in [3.05, 3.63) is 35.6 Å². The molecule has 0 aliphatic heterocycles. The zero-order chi connectivity index (χ0) is 18.4. The third-order valence-corrected chi connectivity index (χ3v) is 4.55. The summed E-state index contributed by atoms with van der Waals surface area (Å²) in [6.45, 7) is 1.64. The van der Waals surface area contributed by atoms with Crippen molar-refractivity contribution in [2.45, 2.75) is 24.5 Å². The standard InChI is InChI=1S/C14H17ClN4O5S/c1-10(9-23-2)24-12-4-3-11(15)7-13(12)25(21,22)18-14(20)8-19-16-5-6-17-19/h3-7,10H,8-9H2,1-2H3,(H,18,20). The van der Waals surface area contributed by atoms with E-state index >= 15 is 0 Å². The van der Waals surface area contributed by atoms with Gasteiger partial charge >= 0.3 is 0 Å². The number of methoxy groups -OCH3 is 1. The monoisotopic (exact) mass is 388 g/mol. The second-order valence-corrected chi connectivity index (χ2v) is 7.15. The van der Waals surface area contributed by atoms with Crippen molar-refractivity contribution in [3.8, 4) is 5.75 Å². The summed E-state index contributed by atoms with van der Waals surface area (Å²) in [5.74, 6) is -0.737. The molecule has 0 saturated heterocycles. The number of hydrogen-bond donors (Lipinski definition) is 1. The van der Waals surface area contributed by atoms with Gasteiger partial charge in [0.2, 0.25) is 0 Å². The minimum absolute atomic E-state index is 0.0615. The Kier molecular flexibility index (Phi) is 6.34. The Balaban J connectivity index is 2.22. The fourth-order valence-corrected chi connectivity index (χ4v) is 3.34. The smallest absolute Gasteiger partial charge is 0.267 e. The average molecular weight is 389 g/mol. The van der Waals surface area contributed by atoms with Gasteiger partial charge in [-0.1, -0.05) is 11.6 Å². The molecule has 0 radical (unpaired) electrons. The van der Waals surface area contributed by atoms with Crippen LogP contribution in [0.3, 0.4) is 0 Å². The fourth-order valence-electron chi connectivity index (χ4n) is 1.97. The minimum atomic E-state index is -4.20. The van der Waals surface area contributed by atoms with E-state index in [0.29, 0.717) is 0 Å². The van der Waals surface area contributed by atoms with Crippen molar-refractivity contribution in [2.24, 2.45) is 0 Å². The number of rotatable bonds is 8. The molecule has 0 aliphatic carbocycles. The highest BCUT2D eigenvalue weighted by Gasteiger charge is 2.24. The van der Waals surface area contributed by atoms with Crippen molar-refractivity contribution in [3.63, 3.8) is 0 Å². The molecule has 136 valence electrons. The Hall–Kier alpha value is -2.17. The molecule has 25 heavy (non-hydrogen) atoms. The molecular formula is C14H17ClN4O5S. The van der Waals surface area contributed by atoms with Crippen LogP contribution in [-0.4, -0.2) is 49.1 Å². The number of hydrogen-bond acceptors (Lipinski definition) is 7. The molecule has 1 N–H and O–H groups in total. The molecule has 1 atom stereocenters. The highest BCUT2D eigenvalue weighted by atomic mass is 35.5. The number of nitrogens with one attached hydrogen (secondary N) is 1. The van der Waals surface area contributed by atoms with Crippen molar-refractivity contribution in [2.75, 3.05) is 13.7 Å². The average Bonchev–Trinajstić information content (AvgIpc) is 3.01. The summed E-state index contributed by atoms with van der Waals surface area (Å²) in [7, 11) is -2.69. The summed E-state index contributed by atoms with van der Waals surface area (Å²) in [5.41, 5.74) is 0. The highest BCUT2D eigenvalue weighted by molar-refractivity contribution is 7.90. The molecule has 1 amide bonds. The van der Waals surface area contributed by atoms with Crippen LogP contribution in [0, 0.1) is 0 Å². The predicted octanol–water partition coefficient (Wildman–Crippen LogP) is 0.850. The van der Waals surface area contributed by atoms with Gasteiger partial charge in [0.1, 0.15) is 23.3 Å². The Morgan fingerprint density at radius 1 is 1.36 bits per heavy atom. The summed E-state index contributed by atoms with van der Waals surface area (Å²) in [5, 5.41) is 7.67. The van der Waals surface area contributed by atoms with E-state index in [-0.39, 0.29) is 28.8 Å². The maximum atomic E-state index is 12.5. The van der Waals surface area contributed by atoms with Gasteiger partial charge in [-0.2, -0.15) is 15.0 Å². The molecule has 2 aromatic rings. The lowest BCUT2D eigenvalue weighted by Gasteiger charge is -2.17. The van der Waals surface area contributed by atoms with Gasteiger partial charge in [0.05, 0.1) is 19.0 Å². The maximum Gasteiger partial charge on any atom is 0.267 e. The van der Waals surface area contributed by atoms with Gasteiger partial charge in [-0.25, -0.2) is 13.1 Å². The molecule has 0 spiro atoms. The van der Waals surface area contributed by atoms with E-state index in [4.69, 9.17) is 21.1 Å². The summed E-state index contributed by atoms with van der Waals surface area (Å²) in [6, 6.07) is 4.12. The number of nitrogens with zero attached hydrogens (tertiary/aromatic N) is 3. The van der Waals surface area contributed by atoms with Crippen molar-refractivity contribution < 1.29 is 22.7 Å². The number of ether oxygens (including phenoxy) is 2. The van der Waals surface area contributed by atoms with E-state index in [1.54, 1.807) is 6.92 Å². The second-order valence-electron chi connectivity index (χ2n) is 5.06. The summed E-state index contributed by atoms with van der Waals surface area (Å²) < 4.78 is 37.5. The van der Waals surface area contributed by atoms with Crippen LogP contribution >= 0.6 is 11.6 Å². The van der Waals surface area contributed by atoms with Crippen LogP contribution in [0.4, 0.5) is 0 Å². The first-order chi connectivity index (χ1) is 11.8. The van der Waals surface area contributed by atoms with Gasteiger partial charge in [-0.05, 0) is 25.1 Å². The quantitative estimate of drug-likeness (QED) is 0.713. The van der Waals surface area contributed by atoms with Crippen molar-refractivity contribution in [1.82, 2.24) is 19.7 Å². The first-order valence-corrected chi connectivity index (χ1v) is 9.03. The first kappa shape index (κ1) is 19.2. The zero-order valence-electron chi connectivity index (χ0n) is 13.5. The van der Waals surface area contributed by atoms with Crippen LogP contribution < -0.4 is 9.46 Å². The zero-order valence-corrected chi connectivity index (χ0v) is 15.1. The molecule has 2 rings (SSSR count). The molecule has 0 fully saturated rings. The number of carbonyl (C=O) groups is 1. The van der Waals surface area contributed by atoms with Gasteiger partial charge in [-0.15, -0.1) is 0 Å². The lowest BCUT2D eigenvalue weighted by molar-refractivity contribution is -0.120. The number of benzene rings is 1. The van der Waals surface area contributed by atoms with Crippen LogP contribution in [-0.2, 0) is 26.1 Å². The number of halogens is 1. The number of sulfonamides is 1. The molecule has 9 nitrogen and oxygen atoms in total. The summed E-state index contributed by atoms with van der Waals surface area (Å²) in [4.78, 5) is 12.7. The summed E-state index contributed by atoms with van der Waals surface area (Å²) >= 11 is 5.89. The van der Waals surface area contributed by atoms with E-state index < -0.39 is 22.0 Å². The first-order valence-electron chi connectivity index (χ1n) is 7.16. The Bertz CT molecular complexity index is 826. The van der Waals surface area contributed by atoms with E-state index in [2.05, 4.69) is 10.2 Å². The van der Waals surface area contributed by atoms with Crippen LogP contribution in [0.25, 0.3) is 0 Å². The highest BCUT2D eigenvalue weighted by Crippen LogP contribution is 2.28. The Morgan fingerprint density at radius 3 is 2.68 bits per heavy atom. The lowest BCUT2D eigenvalue weighted by Crippen LogP contribution is -2.34. The molecule has 1 heterocycles. The number of amides is 1. The largest absolute Gasteiger partial charge is 0.487 e. The van der Waals surface area contributed by atoms with E-state index in [0.717, 1.165) is 4.80 Å². The molecule has 1 aromatic carbocycles. The van der Waals surface area contributed by atoms with Gasteiger partial charge in [0.15, 0.2) is 0 Å². The van der Waals surface area contributed by atoms with Crippen LogP contribution in [0.2, 0.25) is 5.02 Å². The topological polar surface area (TPSA) is 112 Å². The molecule has 0 aliphatic rings. The van der Waals surface area contributed by atoms with Gasteiger partial charge in [0, 0.05) is 12.1 Å². The predicted molar refractivity (Wildman–Crippen MR) is 88.8 cm³/mol. The number of carbonyl (C=O) groups excluding carboxylic acids is 1.